The molecule has 20 heavy (non-hydrogen) atoms. The van der Waals surface area contributed by atoms with Crippen molar-refractivity contribution in [2.45, 2.75) is 6.42 Å². The van der Waals surface area contributed by atoms with E-state index in [4.69, 9.17) is 5.26 Å². The molecule has 1 aromatic heterocycles. The van der Waals surface area contributed by atoms with Gasteiger partial charge in [0.05, 0.1) is 17.3 Å². The molecular formula is C16H11N4. The first kappa shape index (κ1) is 12.1. The normalized spacial score (nSPS) is 10.2. The molecule has 4 nitrogen and oxygen atoms in total. The third-order valence-electron chi connectivity index (χ3n) is 3.09. The molecule has 0 unspecified atom stereocenters. The van der Waals surface area contributed by atoms with Crippen molar-refractivity contribution in [3.8, 4) is 11.8 Å². The number of hydrogen-bond acceptors (Lipinski definition) is 3. The zero-order chi connectivity index (χ0) is 13.8. The molecule has 0 aliphatic rings. The zero-order valence-electron chi connectivity index (χ0n) is 10.7. The average Bonchev–Trinajstić information content (AvgIpc) is 3.03. The molecule has 0 bridgehead atoms. The molecule has 0 fully saturated rings. The lowest BCUT2D eigenvalue weighted by atomic mass is 10.0. The molecule has 0 N–H and O–H groups in total. The third kappa shape index (κ3) is 2.43. The topological polar surface area (TPSA) is 54.5 Å². The lowest BCUT2D eigenvalue weighted by molar-refractivity contribution is 0.878. The van der Waals surface area contributed by atoms with Gasteiger partial charge in [-0.2, -0.15) is 10.4 Å². The van der Waals surface area contributed by atoms with Crippen LogP contribution in [0, 0.1) is 17.4 Å². The Morgan fingerprint density at radius 1 is 1.20 bits per heavy atom. The number of nitrogens with zero attached hydrogens (tertiary/aromatic N) is 4. The zero-order valence-corrected chi connectivity index (χ0v) is 10.7. The Bertz CT molecular complexity index is 737. The number of hydrogen-bond donors (Lipinski definition) is 0. The van der Waals surface area contributed by atoms with Gasteiger partial charge in [-0.3, -0.25) is 0 Å². The first-order valence-corrected chi connectivity index (χ1v) is 6.20. The Hall–Kier alpha value is -2.93. The Morgan fingerprint density at radius 3 is 2.75 bits per heavy atom. The molecule has 0 aliphatic carbocycles. The molecule has 4 heteroatoms. The van der Waals surface area contributed by atoms with Crippen LogP contribution in [-0.4, -0.2) is 14.8 Å². The average molecular weight is 259 g/mol. The summed E-state index contributed by atoms with van der Waals surface area (Å²) in [5, 5.41) is 13.2. The molecule has 0 amide bonds. The summed E-state index contributed by atoms with van der Waals surface area (Å²) in [5.74, 6) is 0. The number of rotatable bonds is 3. The number of aromatic nitrogens is 3. The molecule has 0 aliphatic heterocycles. The molecule has 0 atom stereocenters. The fourth-order valence-electron chi connectivity index (χ4n) is 2.05. The van der Waals surface area contributed by atoms with E-state index in [0.29, 0.717) is 5.56 Å². The summed E-state index contributed by atoms with van der Waals surface area (Å²) < 4.78 is 1.71. The molecule has 1 radical (unpaired) electrons. The molecule has 0 saturated heterocycles. The minimum Gasteiger partial charge on any atom is -0.223 e. The summed E-state index contributed by atoms with van der Waals surface area (Å²) in [4.78, 5) is 3.92. The van der Waals surface area contributed by atoms with Crippen LogP contribution in [0.5, 0.6) is 0 Å². The van der Waals surface area contributed by atoms with Crippen molar-refractivity contribution in [3.63, 3.8) is 0 Å². The molecule has 3 aromatic rings. The van der Waals surface area contributed by atoms with Crippen molar-refractivity contribution >= 4 is 0 Å². The van der Waals surface area contributed by atoms with Crippen molar-refractivity contribution in [2.24, 2.45) is 0 Å². The fourth-order valence-corrected chi connectivity index (χ4v) is 2.05. The first-order valence-electron chi connectivity index (χ1n) is 6.20. The SMILES string of the molecule is N#Cc1c[c]ccc1Cc1ccc(-n2cncn2)cc1. The Balaban J connectivity index is 1.84. The van der Waals surface area contributed by atoms with E-state index in [1.165, 1.54) is 6.33 Å². The van der Waals surface area contributed by atoms with Crippen molar-refractivity contribution in [1.29, 1.82) is 5.26 Å². The number of nitriles is 1. The predicted octanol–water partition coefficient (Wildman–Crippen LogP) is 2.53. The van der Waals surface area contributed by atoms with Gasteiger partial charge in [0, 0.05) is 0 Å². The lowest BCUT2D eigenvalue weighted by Crippen LogP contribution is -1.96. The molecule has 95 valence electrons. The van der Waals surface area contributed by atoms with Gasteiger partial charge in [-0.1, -0.05) is 24.3 Å². The minimum absolute atomic E-state index is 0.674. The fraction of sp³-hybridized carbons (Fsp3) is 0.0625. The molecular weight excluding hydrogens is 248 g/mol. The monoisotopic (exact) mass is 259 g/mol. The highest BCUT2D eigenvalue weighted by atomic mass is 15.3. The van der Waals surface area contributed by atoms with Crippen LogP contribution in [0.4, 0.5) is 0 Å². The van der Waals surface area contributed by atoms with Gasteiger partial charge < -0.3 is 0 Å². The van der Waals surface area contributed by atoms with E-state index in [-0.39, 0.29) is 0 Å². The van der Waals surface area contributed by atoms with E-state index in [9.17, 15) is 0 Å². The van der Waals surface area contributed by atoms with E-state index in [1.54, 1.807) is 17.1 Å². The highest BCUT2D eigenvalue weighted by Crippen LogP contribution is 2.15. The molecule has 2 aromatic carbocycles. The van der Waals surface area contributed by atoms with E-state index in [0.717, 1.165) is 23.2 Å². The predicted molar refractivity (Wildman–Crippen MR) is 74.2 cm³/mol. The van der Waals surface area contributed by atoms with Crippen LogP contribution in [-0.2, 0) is 6.42 Å². The number of benzene rings is 2. The van der Waals surface area contributed by atoms with Gasteiger partial charge in [-0.05, 0) is 41.8 Å². The van der Waals surface area contributed by atoms with Crippen molar-refractivity contribution in [3.05, 3.63) is 77.9 Å². The van der Waals surface area contributed by atoms with Crippen LogP contribution >= 0.6 is 0 Å². The maximum absolute atomic E-state index is 9.08. The van der Waals surface area contributed by atoms with Crippen LogP contribution in [0.3, 0.4) is 0 Å². The van der Waals surface area contributed by atoms with E-state index < -0.39 is 0 Å². The summed E-state index contributed by atoms with van der Waals surface area (Å²) in [5.41, 5.74) is 3.80. The minimum atomic E-state index is 0.674. The van der Waals surface area contributed by atoms with Gasteiger partial charge >= 0.3 is 0 Å². The van der Waals surface area contributed by atoms with Crippen LogP contribution in [0.15, 0.2) is 55.1 Å². The summed E-state index contributed by atoms with van der Waals surface area (Å²) >= 11 is 0. The maximum atomic E-state index is 9.08. The van der Waals surface area contributed by atoms with Gasteiger partial charge in [0.2, 0.25) is 0 Å². The van der Waals surface area contributed by atoms with Gasteiger partial charge in [-0.25, -0.2) is 9.67 Å². The first-order chi connectivity index (χ1) is 9.86. The lowest BCUT2D eigenvalue weighted by Gasteiger charge is -2.05. The molecule has 1 heterocycles. The van der Waals surface area contributed by atoms with Crippen molar-refractivity contribution in [2.75, 3.05) is 0 Å². The van der Waals surface area contributed by atoms with Crippen molar-refractivity contribution in [1.82, 2.24) is 14.8 Å². The summed E-state index contributed by atoms with van der Waals surface area (Å²) in [6.45, 7) is 0. The highest BCUT2D eigenvalue weighted by Gasteiger charge is 2.03. The highest BCUT2D eigenvalue weighted by molar-refractivity contribution is 5.41. The smallest absolute Gasteiger partial charge is 0.138 e. The molecule has 3 rings (SSSR count). The summed E-state index contributed by atoms with van der Waals surface area (Å²) in [7, 11) is 0. The third-order valence-corrected chi connectivity index (χ3v) is 3.09. The summed E-state index contributed by atoms with van der Waals surface area (Å²) in [6, 6.07) is 18.7. The van der Waals surface area contributed by atoms with E-state index in [1.807, 2.05) is 36.4 Å². The molecule has 0 saturated carbocycles. The van der Waals surface area contributed by atoms with Crippen LogP contribution in [0.1, 0.15) is 16.7 Å². The van der Waals surface area contributed by atoms with Crippen LogP contribution < -0.4 is 0 Å². The maximum Gasteiger partial charge on any atom is 0.138 e. The summed E-state index contributed by atoms with van der Waals surface area (Å²) in [6.07, 6.45) is 3.90. The quantitative estimate of drug-likeness (QED) is 0.726. The standard InChI is InChI=1S/C16H11N4/c17-10-15-4-2-1-3-14(15)9-13-5-7-16(8-6-13)20-12-18-11-19-20/h1,3-8,11-12H,9H2. The van der Waals surface area contributed by atoms with Crippen molar-refractivity contribution < 1.29 is 0 Å². The van der Waals surface area contributed by atoms with Crippen LogP contribution in [0.2, 0.25) is 0 Å². The van der Waals surface area contributed by atoms with Gasteiger partial charge in [-0.15, -0.1) is 0 Å². The Morgan fingerprint density at radius 2 is 2.05 bits per heavy atom. The second-order valence-electron chi connectivity index (χ2n) is 4.38. The Kier molecular flexibility index (Phi) is 3.25. The Labute approximate surface area is 116 Å². The van der Waals surface area contributed by atoms with Gasteiger partial charge in [0.25, 0.3) is 0 Å². The van der Waals surface area contributed by atoms with Gasteiger partial charge in [0.15, 0.2) is 0 Å². The van der Waals surface area contributed by atoms with Gasteiger partial charge in [0.1, 0.15) is 12.7 Å². The second-order valence-corrected chi connectivity index (χ2v) is 4.38. The second kappa shape index (κ2) is 5.37. The molecule has 0 spiro atoms. The van der Waals surface area contributed by atoms with E-state index in [2.05, 4.69) is 22.2 Å². The van der Waals surface area contributed by atoms with Crippen LogP contribution in [0.25, 0.3) is 5.69 Å². The largest absolute Gasteiger partial charge is 0.223 e. The van der Waals surface area contributed by atoms with E-state index >= 15 is 0 Å².